The first-order valence-corrected chi connectivity index (χ1v) is 8.25. The fourth-order valence-corrected chi connectivity index (χ4v) is 2.68. The van der Waals surface area contributed by atoms with E-state index in [0.29, 0.717) is 28.0 Å². The van der Waals surface area contributed by atoms with Crippen molar-refractivity contribution in [3.8, 4) is 22.8 Å². The number of nitrogens with one attached hydrogen (secondary N) is 1. The van der Waals surface area contributed by atoms with Crippen molar-refractivity contribution in [3.05, 3.63) is 78.5 Å². The zero-order chi connectivity index (χ0) is 18.8. The molecule has 1 heterocycles. The van der Waals surface area contributed by atoms with Crippen LogP contribution >= 0.6 is 0 Å². The summed E-state index contributed by atoms with van der Waals surface area (Å²) in [5, 5.41) is 21.6. The summed E-state index contributed by atoms with van der Waals surface area (Å²) in [6.07, 6.45) is 1.67. The Balaban J connectivity index is 1.63. The predicted octanol–water partition coefficient (Wildman–Crippen LogP) is 3.96. The molecule has 0 aliphatic carbocycles. The van der Waals surface area contributed by atoms with Gasteiger partial charge in [0, 0.05) is 16.8 Å². The summed E-state index contributed by atoms with van der Waals surface area (Å²) in [6, 6.07) is 18.0. The first-order chi connectivity index (χ1) is 13.1. The second-order valence-electron chi connectivity index (χ2n) is 6.01. The number of fused-ring (bicyclic) bond motifs is 1. The van der Waals surface area contributed by atoms with Crippen LogP contribution in [0.4, 0.5) is 5.69 Å². The molecule has 0 aliphatic heterocycles. The Hall–Kier alpha value is -3.93. The number of hydrogen-bond donors (Lipinski definition) is 3. The highest BCUT2D eigenvalue weighted by Crippen LogP contribution is 2.23. The molecule has 0 atom stereocenters. The van der Waals surface area contributed by atoms with E-state index in [2.05, 4.69) is 15.3 Å². The van der Waals surface area contributed by atoms with Crippen molar-refractivity contribution in [1.29, 1.82) is 0 Å². The standard InChI is InChI=1S/C21H15N3O3/c25-16-6-1-13(2-7-16)20-12-22-18-10-5-15(11-19(18)24-20)23-21(27)14-3-8-17(26)9-4-14/h1-12,25-26H,(H,23,27). The van der Waals surface area contributed by atoms with E-state index >= 15 is 0 Å². The third kappa shape index (κ3) is 3.55. The van der Waals surface area contributed by atoms with Gasteiger partial charge in [-0.2, -0.15) is 0 Å². The predicted molar refractivity (Wildman–Crippen MR) is 103 cm³/mol. The molecule has 0 aliphatic rings. The molecule has 1 aromatic heterocycles. The van der Waals surface area contributed by atoms with Gasteiger partial charge in [0.1, 0.15) is 11.5 Å². The SMILES string of the molecule is O=C(Nc1ccc2ncc(-c3ccc(O)cc3)nc2c1)c1ccc(O)cc1. The van der Waals surface area contributed by atoms with E-state index in [1.54, 1.807) is 60.8 Å². The van der Waals surface area contributed by atoms with Crippen molar-refractivity contribution in [2.24, 2.45) is 0 Å². The van der Waals surface area contributed by atoms with Crippen LogP contribution in [0.1, 0.15) is 10.4 Å². The molecule has 0 unspecified atom stereocenters. The molecule has 0 fully saturated rings. The minimum atomic E-state index is -0.281. The number of carbonyl (C=O) groups is 1. The average molecular weight is 357 g/mol. The van der Waals surface area contributed by atoms with E-state index in [-0.39, 0.29) is 17.4 Å². The second kappa shape index (κ2) is 6.76. The lowest BCUT2D eigenvalue weighted by Crippen LogP contribution is -2.11. The third-order valence-corrected chi connectivity index (χ3v) is 4.09. The van der Waals surface area contributed by atoms with Gasteiger partial charge in [0.25, 0.3) is 5.91 Å². The Morgan fingerprint density at radius 3 is 2.19 bits per heavy atom. The van der Waals surface area contributed by atoms with Crippen molar-refractivity contribution in [2.75, 3.05) is 5.32 Å². The maximum absolute atomic E-state index is 12.3. The molecule has 0 radical (unpaired) electrons. The highest BCUT2D eigenvalue weighted by molar-refractivity contribution is 6.05. The number of amides is 1. The van der Waals surface area contributed by atoms with E-state index in [9.17, 15) is 15.0 Å². The fraction of sp³-hybridized carbons (Fsp3) is 0. The largest absolute Gasteiger partial charge is 0.508 e. The van der Waals surface area contributed by atoms with E-state index in [1.165, 1.54) is 12.1 Å². The lowest BCUT2D eigenvalue weighted by atomic mass is 10.1. The zero-order valence-electron chi connectivity index (χ0n) is 14.1. The molecule has 3 N–H and O–H groups in total. The molecular formula is C21H15N3O3. The number of phenols is 2. The number of aromatic nitrogens is 2. The van der Waals surface area contributed by atoms with Gasteiger partial charge < -0.3 is 15.5 Å². The highest BCUT2D eigenvalue weighted by atomic mass is 16.3. The molecule has 3 aromatic carbocycles. The minimum absolute atomic E-state index is 0.106. The third-order valence-electron chi connectivity index (χ3n) is 4.09. The lowest BCUT2D eigenvalue weighted by Gasteiger charge is -2.07. The van der Waals surface area contributed by atoms with Gasteiger partial charge in [-0.1, -0.05) is 0 Å². The number of phenolic OH excluding ortho intramolecular Hbond substituents is 2. The number of anilines is 1. The molecule has 6 nitrogen and oxygen atoms in total. The van der Waals surface area contributed by atoms with Crippen molar-refractivity contribution >= 4 is 22.6 Å². The van der Waals surface area contributed by atoms with Crippen LogP contribution in [0, 0.1) is 0 Å². The number of rotatable bonds is 3. The Bertz CT molecular complexity index is 1120. The molecule has 4 rings (SSSR count). The number of aromatic hydroxyl groups is 2. The molecule has 0 bridgehead atoms. The van der Waals surface area contributed by atoms with Crippen molar-refractivity contribution in [3.63, 3.8) is 0 Å². The summed E-state index contributed by atoms with van der Waals surface area (Å²) in [6.45, 7) is 0. The number of nitrogens with zero attached hydrogens (tertiary/aromatic N) is 2. The molecule has 0 saturated heterocycles. The van der Waals surface area contributed by atoms with Crippen molar-refractivity contribution < 1.29 is 15.0 Å². The van der Waals surface area contributed by atoms with E-state index in [4.69, 9.17) is 0 Å². The van der Waals surface area contributed by atoms with Crippen LogP contribution in [0.3, 0.4) is 0 Å². The monoisotopic (exact) mass is 357 g/mol. The van der Waals surface area contributed by atoms with Gasteiger partial charge in [0.15, 0.2) is 0 Å². The minimum Gasteiger partial charge on any atom is -0.508 e. The quantitative estimate of drug-likeness (QED) is 0.516. The van der Waals surface area contributed by atoms with Crippen molar-refractivity contribution in [1.82, 2.24) is 9.97 Å². The summed E-state index contributed by atoms with van der Waals surface area (Å²) in [7, 11) is 0. The summed E-state index contributed by atoms with van der Waals surface area (Å²) >= 11 is 0. The average Bonchev–Trinajstić information content (AvgIpc) is 2.68. The van der Waals surface area contributed by atoms with Crippen LogP contribution in [-0.4, -0.2) is 26.1 Å². The van der Waals surface area contributed by atoms with E-state index in [1.807, 2.05) is 0 Å². The van der Waals surface area contributed by atoms with Gasteiger partial charge >= 0.3 is 0 Å². The Kier molecular flexibility index (Phi) is 4.14. The van der Waals surface area contributed by atoms with Gasteiger partial charge in [-0.25, -0.2) is 4.98 Å². The Morgan fingerprint density at radius 2 is 1.48 bits per heavy atom. The van der Waals surface area contributed by atoms with Crippen molar-refractivity contribution in [2.45, 2.75) is 0 Å². The second-order valence-corrected chi connectivity index (χ2v) is 6.01. The zero-order valence-corrected chi connectivity index (χ0v) is 14.1. The number of hydrogen-bond acceptors (Lipinski definition) is 5. The molecule has 27 heavy (non-hydrogen) atoms. The van der Waals surface area contributed by atoms with Crippen LogP contribution in [0.5, 0.6) is 11.5 Å². The van der Waals surface area contributed by atoms with Gasteiger partial charge in [-0.05, 0) is 66.7 Å². The fourth-order valence-electron chi connectivity index (χ4n) is 2.68. The molecule has 4 aromatic rings. The molecule has 0 saturated carbocycles. The van der Waals surface area contributed by atoms with Crippen LogP contribution in [0.25, 0.3) is 22.3 Å². The van der Waals surface area contributed by atoms with Crippen LogP contribution in [0.15, 0.2) is 72.9 Å². The lowest BCUT2D eigenvalue weighted by molar-refractivity contribution is 0.102. The van der Waals surface area contributed by atoms with Gasteiger partial charge in [-0.15, -0.1) is 0 Å². The van der Waals surface area contributed by atoms with Crippen LogP contribution in [-0.2, 0) is 0 Å². The van der Waals surface area contributed by atoms with E-state index in [0.717, 1.165) is 5.56 Å². The van der Waals surface area contributed by atoms with Crippen LogP contribution in [0.2, 0.25) is 0 Å². The number of carbonyl (C=O) groups excluding carboxylic acids is 1. The normalized spacial score (nSPS) is 10.7. The summed E-state index contributed by atoms with van der Waals surface area (Å²) in [5.41, 5.74) is 3.89. The summed E-state index contributed by atoms with van der Waals surface area (Å²) < 4.78 is 0. The maximum atomic E-state index is 12.3. The smallest absolute Gasteiger partial charge is 0.255 e. The molecule has 1 amide bonds. The molecule has 0 spiro atoms. The summed E-state index contributed by atoms with van der Waals surface area (Å²) in [4.78, 5) is 21.3. The maximum Gasteiger partial charge on any atom is 0.255 e. The number of benzene rings is 3. The summed E-state index contributed by atoms with van der Waals surface area (Å²) in [5.74, 6) is 0.0121. The Morgan fingerprint density at radius 1 is 0.815 bits per heavy atom. The first kappa shape index (κ1) is 16.5. The van der Waals surface area contributed by atoms with Gasteiger partial charge in [0.05, 0.1) is 22.9 Å². The van der Waals surface area contributed by atoms with Gasteiger partial charge in [0.2, 0.25) is 0 Å². The topological polar surface area (TPSA) is 95.3 Å². The van der Waals surface area contributed by atoms with Gasteiger partial charge in [-0.3, -0.25) is 9.78 Å². The Labute approximate surface area is 154 Å². The first-order valence-electron chi connectivity index (χ1n) is 8.25. The molecular weight excluding hydrogens is 342 g/mol. The molecule has 132 valence electrons. The molecule has 6 heteroatoms. The van der Waals surface area contributed by atoms with Crippen LogP contribution < -0.4 is 5.32 Å². The van der Waals surface area contributed by atoms with E-state index < -0.39 is 0 Å². The highest BCUT2D eigenvalue weighted by Gasteiger charge is 2.08.